The Labute approximate surface area is 143 Å². The SMILES string of the molecule is CCC(C)C(=O)OCC(=O)Nc1ccccc1C(=O)NCC(C)C. The first kappa shape index (κ1) is 19.7. The van der Waals surface area contributed by atoms with E-state index >= 15 is 0 Å². The molecule has 0 spiro atoms. The van der Waals surface area contributed by atoms with Gasteiger partial charge in [0.2, 0.25) is 0 Å². The van der Waals surface area contributed by atoms with Gasteiger partial charge >= 0.3 is 5.97 Å². The molecule has 132 valence electrons. The van der Waals surface area contributed by atoms with E-state index in [-0.39, 0.29) is 18.4 Å². The lowest BCUT2D eigenvalue weighted by Gasteiger charge is -2.13. The zero-order valence-electron chi connectivity index (χ0n) is 14.7. The van der Waals surface area contributed by atoms with Gasteiger partial charge in [-0.25, -0.2) is 0 Å². The molecule has 0 aliphatic carbocycles. The van der Waals surface area contributed by atoms with Crippen LogP contribution in [-0.2, 0) is 14.3 Å². The van der Waals surface area contributed by atoms with E-state index < -0.39 is 11.9 Å². The summed E-state index contributed by atoms with van der Waals surface area (Å²) in [7, 11) is 0. The molecule has 0 saturated heterocycles. The van der Waals surface area contributed by atoms with Gasteiger partial charge in [0, 0.05) is 6.54 Å². The van der Waals surface area contributed by atoms with Crippen molar-refractivity contribution in [2.45, 2.75) is 34.1 Å². The van der Waals surface area contributed by atoms with Crippen molar-refractivity contribution in [2.24, 2.45) is 11.8 Å². The normalized spacial score (nSPS) is 11.7. The van der Waals surface area contributed by atoms with Gasteiger partial charge in [-0.2, -0.15) is 0 Å². The van der Waals surface area contributed by atoms with Crippen molar-refractivity contribution in [1.29, 1.82) is 0 Å². The highest BCUT2D eigenvalue weighted by atomic mass is 16.5. The summed E-state index contributed by atoms with van der Waals surface area (Å²) in [5.41, 5.74) is 0.767. The number of hydrogen-bond donors (Lipinski definition) is 2. The Morgan fingerprint density at radius 1 is 1.12 bits per heavy atom. The average Bonchev–Trinajstić information content (AvgIpc) is 2.57. The van der Waals surface area contributed by atoms with E-state index in [0.717, 1.165) is 0 Å². The number of esters is 1. The van der Waals surface area contributed by atoms with Crippen LogP contribution < -0.4 is 10.6 Å². The molecule has 0 bridgehead atoms. The summed E-state index contributed by atoms with van der Waals surface area (Å²) in [5, 5.41) is 5.42. The van der Waals surface area contributed by atoms with Crippen molar-refractivity contribution in [1.82, 2.24) is 5.32 Å². The molecule has 0 aliphatic heterocycles. The van der Waals surface area contributed by atoms with Crippen LogP contribution in [0.2, 0.25) is 0 Å². The summed E-state index contributed by atoms with van der Waals surface area (Å²) in [6.07, 6.45) is 0.652. The first-order chi connectivity index (χ1) is 11.3. The van der Waals surface area contributed by atoms with Gasteiger partial charge in [0.25, 0.3) is 11.8 Å². The number of para-hydroxylation sites is 1. The minimum Gasteiger partial charge on any atom is -0.455 e. The number of ether oxygens (including phenoxy) is 1. The zero-order valence-corrected chi connectivity index (χ0v) is 14.7. The molecule has 1 aromatic carbocycles. The largest absolute Gasteiger partial charge is 0.455 e. The van der Waals surface area contributed by atoms with Crippen LogP contribution in [-0.4, -0.2) is 30.9 Å². The van der Waals surface area contributed by atoms with Gasteiger partial charge in [-0.15, -0.1) is 0 Å². The fourth-order valence-corrected chi connectivity index (χ4v) is 1.81. The second-order valence-corrected chi connectivity index (χ2v) is 6.11. The van der Waals surface area contributed by atoms with Crippen LogP contribution in [0, 0.1) is 11.8 Å². The molecule has 1 aromatic rings. The van der Waals surface area contributed by atoms with E-state index in [9.17, 15) is 14.4 Å². The van der Waals surface area contributed by atoms with Crippen LogP contribution in [0.25, 0.3) is 0 Å². The van der Waals surface area contributed by atoms with Gasteiger partial charge in [-0.05, 0) is 24.5 Å². The Kier molecular flexibility index (Phi) is 7.95. The molecule has 6 nitrogen and oxygen atoms in total. The fourth-order valence-electron chi connectivity index (χ4n) is 1.81. The van der Waals surface area contributed by atoms with Crippen LogP contribution in [0.4, 0.5) is 5.69 Å². The topological polar surface area (TPSA) is 84.5 Å². The molecule has 0 aliphatic rings. The van der Waals surface area contributed by atoms with E-state index in [1.807, 2.05) is 20.8 Å². The third-order valence-corrected chi connectivity index (χ3v) is 3.48. The maximum atomic E-state index is 12.2. The maximum Gasteiger partial charge on any atom is 0.309 e. The molecule has 2 amide bonds. The number of nitrogens with one attached hydrogen (secondary N) is 2. The first-order valence-corrected chi connectivity index (χ1v) is 8.18. The number of rotatable bonds is 8. The van der Waals surface area contributed by atoms with Gasteiger partial charge < -0.3 is 15.4 Å². The lowest BCUT2D eigenvalue weighted by Crippen LogP contribution is -2.29. The second-order valence-electron chi connectivity index (χ2n) is 6.11. The fraction of sp³-hybridized carbons (Fsp3) is 0.500. The van der Waals surface area contributed by atoms with Crippen molar-refractivity contribution in [2.75, 3.05) is 18.5 Å². The second kappa shape index (κ2) is 9.70. The molecule has 0 aromatic heterocycles. The predicted octanol–water partition coefficient (Wildman–Crippen LogP) is 2.60. The van der Waals surface area contributed by atoms with Crippen molar-refractivity contribution in [3.63, 3.8) is 0 Å². The Bertz CT molecular complexity index is 584. The molecule has 1 atom stereocenters. The minimum absolute atomic E-state index is 0.244. The lowest BCUT2D eigenvalue weighted by atomic mass is 10.1. The average molecular weight is 334 g/mol. The standard InChI is InChI=1S/C18H26N2O4/c1-5-13(4)18(23)24-11-16(21)20-15-9-7-6-8-14(15)17(22)19-10-12(2)3/h6-9,12-13H,5,10-11H2,1-4H3,(H,19,22)(H,20,21). The number of benzene rings is 1. The van der Waals surface area contributed by atoms with Gasteiger partial charge in [0.1, 0.15) is 0 Å². The molecule has 6 heteroatoms. The van der Waals surface area contributed by atoms with Crippen molar-refractivity contribution in [3.8, 4) is 0 Å². The van der Waals surface area contributed by atoms with Gasteiger partial charge in [-0.3, -0.25) is 14.4 Å². The van der Waals surface area contributed by atoms with E-state index in [0.29, 0.717) is 30.1 Å². The molecule has 0 radical (unpaired) electrons. The predicted molar refractivity (Wildman–Crippen MR) is 92.7 cm³/mol. The Hall–Kier alpha value is -2.37. The van der Waals surface area contributed by atoms with Crippen molar-refractivity contribution < 1.29 is 19.1 Å². The first-order valence-electron chi connectivity index (χ1n) is 8.18. The van der Waals surface area contributed by atoms with Gasteiger partial charge in [0.15, 0.2) is 6.61 Å². The summed E-state index contributed by atoms with van der Waals surface area (Å²) < 4.78 is 4.96. The van der Waals surface area contributed by atoms with Crippen LogP contribution in [0.15, 0.2) is 24.3 Å². The number of hydrogen-bond acceptors (Lipinski definition) is 4. The molecule has 1 rings (SSSR count). The number of amides is 2. The minimum atomic E-state index is -0.476. The lowest BCUT2D eigenvalue weighted by molar-refractivity contribution is -0.151. The van der Waals surface area contributed by atoms with Crippen LogP contribution in [0.1, 0.15) is 44.5 Å². The summed E-state index contributed by atoms with van der Waals surface area (Å²) in [4.78, 5) is 35.7. The molecule has 2 N–H and O–H groups in total. The third kappa shape index (κ3) is 6.40. The summed E-state index contributed by atoms with van der Waals surface area (Å²) >= 11 is 0. The molecule has 0 fully saturated rings. The van der Waals surface area contributed by atoms with E-state index in [1.54, 1.807) is 31.2 Å². The molecular formula is C18H26N2O4. The summed E-state index contributed by atoms with van der Waals surface area (Å²) in [6.45, 7) is 7.80. The smallest absolute Gasteiger partial charge is 0.309 e. The Balaban J connectivity index is 2.66. The monoisotopic (exact) mass is 334 g/mol. The van der Waals surface area contributed by atoms with Crippen LogP contribution >= 0.6 is 0 Å². The Morgan fingerprint density at radius 3 is 2.42 bits per heavy atom. The van der Waals surface area contributed by atoms with Gasteiger partial charge in [-0.1, -0.05) is 39.8 Å². The summed E-state index contributed by atoms with van der Waals surface area (Å²) in [6, 6.07) is 6.72. The number of carbonyl (C=O) groups is 3. The highest BCUT2D eigenvalue weighted by molar-refractivity contribution is 6.04. The zero-order chi connectivity index (χ0) is 18.1. The molecular weight excluding hydrogens is 308 g/mol. The Morgan fingerprint density at radius 2 is 1.79 bits per heavy atom. The number of anilines is 1. The van der Waals surface area contributed by atoms with Crippen molar-refractivity contribution >= 4 is 23.5 Å². The molecule has 0 heterocycles. The summed E-state index contributed by atoms with van der Waals surface area (Å²) in [5.74, 6) is -1.05. The van der Waals surface area contributed by atoms with Gasteiger partial charge in [0.05, 0.1) is 17.2 Å². The number of carbonyl (C=O) groups excluding carboxylic acids is 3. The third-order valence-electron chi connectivity index (χ3n) is 3.48. The quantitative estimate of drug-likeness (QED) is 0.716. The van der Waals surface area contributed by atoms with Crippen LogP contribution in [0.3, 0.4) is 0 Å². The van der Waals surface area contributed by atoms with E-state index in [4.69, 9.17) is 4.74 Å². The molecule has 24 heavy (non-hydrogen) atoms. The molecule has 1 unspecified atom stereocenters. The van der Waals surface area contributed by atoms with E-state index in [1.165, 1.54) is 0 Å². The molecule has 0 saturated carbocycles. The highest BCUT2D eigenvalue weighted by Crippen LogP contribution is 2.15. The van der Waals surface area contributed by atoms with Crippen molar-refractivity contribution in [3.05, 3.63) is 29.8 Å². The van der Waals surface area contributed by atoms with Crippen LogP contribution in [0.5, 0.6) is 0 Å². The maximum absolute atomic E-state index is 12.2. The highest BCUT2D eigenvalue weighted by Gasteiger charge is 2.16. The van der Waals surface area contributed by atoms with E-state index in [2.05, 4.69) is 10.6 Å².